The van der Waals surface area contributed by atoms with Gasteiger partial charge in [0.2, 0.25) is 0 Å². The van der Waals surface area contributed by atoms with Crippen molar-refractivity contribution in [2.45, 2.75) is 38.1 Å². The Bertz CT molecular complexity index is 913. The maximum atomic E-state index is 12.8. The van der Waals surface area contributed by atoms with Crippen LogP contribution in [0.25, 0.3) is 0 Å². The number of rotatable bonds is 4. The van der Waals surface area contributed by atoms with E-state index in [2.05, 4.69) is 17.1 Å². The fourth-order valence-electron chi connectivity index (χ4n) is 5.15. The van der Waals surface area contributed by atoms with Crippen molar-refractivity contribution in [2.75, 3.05) is 19.6 Å². The van der Waals surface area contributed by atoms with Gasteiger partial charge in [-0.3, -0.25) is 9.69 Å². The number of piperidine rings is 2. The van der Waals surface area contributed by atoms with Crippen LogP contribution in [0.2, 0.25) is 0 Å². The Morgan fingerprint density at radius 3 is 2.79 bits per heavy atom. The normalized spacial score (nSPS) is 28.1. The van der Waals surface area contributed by atoms with Crippen molar-refractivity contribution >= 4 is 12.0 Å². The smallest absolute Gasteiger partial charge is 0.404 e. The fourth-order valence-corrected chi connectivity index (χ4v) is 5.15. The van der Waals surface area contributed by atoms with Crippen molar-refractivity contribution in [2.24, 2.45) is 5.92 Å². The predicted molar refractivity (Wildman–Crippen MR) is 110 cm³/mol. The Hall–Kier alpha value is -2.66. The van der Waals surface area contributed by atoms with Gasteiger partial charge in [0.15, 0.2) is 5.76 Å². The highest BCUT2D eigenvalue weighted by molar-refractivity contribution is 6.07. The third-order valence-electron chi connectivity index (χ3n) is 6.47. The van der Waals surface area contributed by atoms with E-state index in [9.17, 15) is 9.59 Å². The molecule has 3 fully saturated rings. The van der Waals surface area contributed by atoms with Crippen LogP contribution in [-0.2, 0) is 16.0 Å². The maximum Gasteiger partial charge on any atom is 0.422 e. The topological polar surface area (TPSA) is 49.9 Å². The summed E-state index contributed by atoms with van der Waals surface area (Å²) in [6.45, 7) is 2.71. The average molecular weight is 390 g/mol. The van der Waals surface area contributed by atoms with E-state index in [1.54, 1.807) is 6.08 Å². The minimum Gasteiger partial charge on any atom is -0.404 e. The summed E-state index contributed by atoms with van der Waals surface area (Å²) in [6.07, 6.45) is 11.0. The summed E-state index contributed by atoms with van der Waals surface area (Å²) in [4.78, 5) is 28.8. The van der Waals surface area contributed by atoms with Gasteiger partial charge in [-0.1, -0.05) is 48.1 Å². The molecule has 3 aliphatic heterocycles. The zero-order valence-electron chi connectivity index (χ0n) is 16.5. The van der Waals surface area contributed by atoms with Gasteiger partial charge in [0.05, 0.1) is 0 Å². The lowest BCUT2D eigenvalue weighted by atomic mass is 9.76. The molecular weight excluding hydrogens is 364 g/mol. The third kappa shape index (κ3) is 3.55. The summed E-state index contributed by atoms with van der Waals surface area (Å²) in [5, 5.41) is 0. The Kier molecular flexibility index (Phi) is 4.84. The molecule has 5 nitrogen and oxygen atoms in total. The van der Waals surface area contributed by atoms with Crippen molar-refractivity contribution in [3.63, 3.8) is 0 Å². The van der Waals surface area contributed by atoms with Crippen molar-refractivity contribution in [1.29, 1.82) is 0 Å². The van der Waals surface area contributed by atoms with Crippen LogP contribution < -0.4 is 0 Å². The molecule has 1 aromatic rings. The molecular formula is C24H26N2O3. The standard InChI is InChI=1S/C24H26N2O3/c27-23-21(29-24(28)26(23)13-10-17-6-2-1-3-7-17)16-18-14-19-8-4-11-25-12-5-9-20(15-18)22(19)25/h1-3,6-7,14-16,19,22H,4-5,8-13H2/b21-16+/t19-,22?/m0/s1. The van der Waals surface area contributed by atoms with Crippen LogP contribution >= 0.6 is 0 Å². The zero-order chi connectivity index (χ0) is 19.8. The van der Waals surface area contributed by atoms with E-state index in [1.165, 1.54) is 42.8 Å². The lowest BCUT2D eigenvalue weighted by molar-refractivity contribution is -0.123. The molecule has 5 heteroatoms. The van der Waals surface area contributed by atoms with Gasteiger partial charge in [-0.05, 0) is 68.3 Å². The number of ether oxygens (including phenoxy) is 1. The molecule has 0 spiro atoms. The number of imide groups is 1. The molecule has 3 saturated heterocycles. The van der Waals surface area contributed by atoms with E-state index < -0.39 is 6.09 Å². The van der Waals surface area contributed by atoms with Crippen LogP contribution in [0, 0.1) is 5.92 Å². The van der Waals surface area contributed by atoms with E-state index >= 15 is 0 Å². The predicted octanol–water partition coefficient (Wildman–Crippen LogP) is 3.83. The number of carbonyl (C=O) groups excluding carboxylic acids is 2. The van der Waals surface area contributed by atoms with E-state index in [4.69, 9.17) is 4.74 Å². The number of benzene rings is 1. The van der Waals surface area contributed by atoms with Crippen LogP contribution in [-0.4, -0.2) is 47.5 Å². The lowest BCUT2D eigenvalue weighted by Crippen LogP contribution is -2.49. The molecule has 0 bridgehead atoms. The van der Waals surface area contributed by atoms with Gasteiger partial charge in [0, 0.05) is 12.6 Å². The summed E-state index contributed by atoms with van der Waals surface area (Å²) >= 11 is 0. The molecule has 2 atom stereocenters. The van der Waals surface area contributed by atoms with Gasteiger partial charge in [-0.2, -0.15) is 0 Å². The zero-order valence-corrected chi connectivity index (χ0v) is 16.5. The molecule has 0 saturated carbocycles. The first-order chi connectivity index (χ1) is 14.2. The molecule has 0 radical (unpaired) electrons. The highest BCUT2D eigenvalue weighted by atomic mass is 16.6. The van der Waals surface area contributed by atoms with Crippen LogP contribution in [0.5, 0.6) is 0 Å². The Morgan fingerprint density at radius 2 is 1.93 bits per heavy atom. The molecule has 3 heterocycles. The fraction of sp³-hybridized carbons (Fsp3) is 0.417. The van der Waals surface area contributed by atoms with Crippen molar-refractivity contribution in [1.82, 2.24) is 9.80 Å². The van der Waals surface area contributed by atoms with Crippen molar-refractivity contribution in [3.8, 4) is 0 Å². The number of nitrogens with zero attached hydrogens (tertiary/aromatic N) is 2. The minimum absolute atomic E-state index is 0.146. The Balaban J connectivity index is 1.32. The molecule has 1 aromatic carbocycles. The monoisotopic (exact) mass is 390 g/mol. The summed E-state index contributed by atoms with van der Waals surface area (Å²) < 4.78 is 5.34. The second-order valence-electron chi connectivity index (χ2n) is 8.35. The van der Waals surface area contributed by atoms with E-state index in [0.717, 1.165) is 17.6 Å². The quantitative estimate of drug-likeness (QED) is 0.733. The van der Waals surface area contributed by atoms with Crippen LogP contribution in [0.4, 0.5) is 4.79 Å². The Morgan fingerprint density at radius 1 is 1.10 bits per heavy atom. The third-order valence-corrected chi connectivity index (χ3v) is 6.47. The number of allylic oxidation sites excluding steroid dienone is 3. The van der Waals surface area contributed by atoms with Crippen LogP contribution in [0.3, 0.4) is 0 Å². The highest BCUT2D eigenvalue weighted by Crippen LogP contribution is 2.39. The number of carbonyl (C=O) groups is 2. The lowest BCUT2D eigenvalue weighted by Gasteiger charge is -2.46. The molecule has 29 heavy (non-hydrogen) atoms. The molecule has 4 aliphatic rings. The van der Waals surface area contributed by atoms with Crippen molar-refractivity contribution < 1.29 is 14.3 Å². The van der Waals surface area contributed by atoms with Gasteiger partial charge in [-0.25, -0.2) is 9.69 Å². The molecule has 1 aliphatic carbocycles. The molecule has 5 rings (SSSR count). The first-order valence-electron chi connectivity index (χ1n) is 10.6. The number of amides is 2. The van der Waals surface area contributed by atoms with Gasteiger partial charge in [-0.15, -0.1) is 0 Å². The molecule has 2 amide bonds. The largest absolute Gasteiger partial charge is 0.422 e. The van der Waals surface area contributed by atoms with Gasteiger partial charge < -0.3 is 4.74 Å². The number of hydrogen-bond acceptors (Lipinski definition) is 4. The van der Waals surface area contributed by atoms with Gasteiger partial charge >= 0.3 is 6.09 Å². The molecule has 0 N–H and O–H groups in total. The van der Waals surface area contributed by atoms with Gasteiger partial charge in [0.1, 0.15) is 0 Å². The number of hydrogen-bond donors (Lipinski definition) is 0. The summed E-state index contributed by atoms with van der Waals surface area (Å²) in [5.41, 5.74) is 3.56. The number of cyclic esters (lactones) is 1. The summed E-state index contributed by atoms with van der Waals surface area (Å²) in [5.74, 6) is 0.312. The summed E-state index contributed by atoms with van der Waals surface area (Å²) in [7, 11) is 0. The first kappa shape index (κ1) is 18.4. The summed E-state index contributed by atoms with van der Waals surface area (Å²) in [6, 6.07) is 10.4. The average Bonchev–Trinajstić information content (AvgIpc) is 3.00. The second-order valence-corrected chi connectivity index (χ2v) is 8.35. The van der Waals surface area contributed by atoms with Gasteiger partial charge in [0.25, 0.3) is 5.91 Å². The van der Waals surface area contributed by atoms with E-state index in [0.29, 0.717) is 24.9 Å². The van der Waals surface area contributed by atoms with Crippen LogP contribution in [0.1, 0.15) is 31.2 Å². The SMILES string of the molecule is O=C1O/C(=C/C2=C[C@@H]3CCCN4CCCC(=C2)C34)C(=O)N1CCc1ccccc1. The molecule has 0 aromatic heterocycles. The van der Waals surface area contributed by atoms with Crippen LogP contribution in [0.15, 0.2) is 65.5 Å². The molecule has 150 valence electrons. The highest BCUT2D eigenvalue weighted by Gasteiger charge is 2.39. The van der Waals surface area contributed by atoms with E-state index in [-0.39, 0.29) is 11.7 Å². The first-order valence-corrected chi connectivity index (χ1v) is 10.6. The maximum absolute atomic E-state index is 12.8. The molecule has 1 unspecified atom stereocenters. The van der Waals surface area contributed by atoms with Crippen molar-refractivity contribution in [3.05, 3.63) is 71.0 Å². The minimum atomic E-state index is -0.569. The second kappa shape index (κ2) is 7.64. The Labute approximate surface area is 171 Å². The van der Waals surface area contributed by atoms with E-state index in [1.807, 2.05) is 30.3 Å².